The first-order chi connectivity index (χ1) is 9.60. The first-order valence-corrected chi connectivity index (χ1v) is 6.06. The quantitative estimate of drug-likeness (QED) is 0.292. The molecule has 1 aromatic carbocycles. The Balaban J connectivity index is 2.96. The second-order valence-corrected chi connectivity index (χ2v) is 3.96. The molecule has 0 radical (unpaired) electrons. The monoisotopic (exact) mass is 277 g/mol. The molecular weight excluding hydrogens is 262 g/mol. The number of nitrogens with zero attached hydrogens (tertiary/aromatic N) is 1. The Kier molecular flexibility index (Phi) is 6.20. The number of nitro groups is 1. The van der Waals surface area contributed by atoms with Crippen LogP contribution in [0.2, 0.25) is 0 Å². The van der Waals surface area contributed by atoms with Crippen LogP contribution >= 0.6 is 0 Å². The number of aliphatic hydroxyl groups excluding tert-OH is 1. The van der Waals surface area contributed by atoms with Gasteiger partial charge in [0, 0.05) is 19.1 Å². The number of nitro benzene ring substituents is 1. The van der Waals surface area contributed by atoms with Gasteiger partial charge in [0.2, 0.25) is 0 Å². The van der Waals surface area contributed by atoms with Crippen LogP contribution in [0.4, 0.5) is 5.69 Å². The largest absolute Gasteiger partial charge is 0.465 e. The molecule has 106 valence electrons. The predicted octanol–water partition coefficient (Wildman–Crippen LogP) is 1.90. The van der Waals surface area contributed by atoms with Crippen molar-refractivity contribution in [2.45, 2.75) is 19.3 Å². The van der Waals surface area contributed by atoms with Crippen molar-refractivity contribution < 1.29 is 19.6 Å². The summed E-state index contributed by atoms with van der Waals surface area (Å²) in [6.45, 7) is 0.107. The maximum Gasteiger partial charge on any atom is 0.338 e. The topological polar surface area (TPSA) is 89.7 Å². The number of methoxy groups -OCH3 is 1. The fourth-order valence-corrected chi connectivity index (χ4v) is 1.52. The molecule has 6 nitrogen and oxygen atoms in total. The van der Waals surface area contributed by atoms with Crippen LogP contribution in [-0.2, 0) is 4.74 Å². The summed E-state index contributed by atoms with van der Waals surface area (Å²) in [5, 5.41) is 19.6. The van der Waals surface area contributed by atoms with E-state index < -0.39 is 10.9 Å². The van der Waals surface area contributed by atoms with Gasteiger partial charge in [-0.2, -0.15) is 0 Å². The number of carbonyl (C=O) groups is 1. The summed E-state index contributed by atoms with van der Waals surface area (Å²) >= 11 is 0. The van der Waals surface area contributed by atoms with Crippen molar-refractivity contribution in [2.75, 3.05) is 13.7 Å². The van der Waals surface area contributed by atoms with E-state index in [9.17, 15) is 14.9 Å². The number of hydrogen-bond donors (Lipinski definition) is 1. The molecule has 0 spiro atoms. The molecule has 0 bridgehead atoms. The van der Waals surface area contributed by atoms with Crippen LogP contribution in [0, 0.1) is 22.0 Å². The van der Waals surface area contributed by atoms with E-state index in [-0.39, 0.29) is 23.4 Å². The van der Waals surface area contributed by atoms with E-state index in [1.54, 1.807) is 0 Å². The van der Waals surface area contributed by atoms with Gasteiger partial charge >= 0.3 is 5.97 Å². The first-order valence-electron chi connectivity index (χ1n) is 6.06. The second-order valence-electron chi connectivity index (χ2n) is 3.96. The molecule has 0 saturated heterocycles. The van der Waals surface area contributed by atoms with Crippen molar-refractivity contribution in [1.82, 2.24) is 0 Å². The van der Waals surface area contributed by atoms with Crippen molar-refractivity contribution in [2.24, 2.45) is 0 Å². The minimum absolute atomic E-state index is 0.107. The Bertz CT molecular complexity index is 556. The predicted molar refractivity (Wildman–Crippen MR) is 72.3 cm³/mol. The Morgan fingerprint density at radius 1 is 1.45 bits per heavy atom. The van der Waals surface area contributed by atoms with Crippen LogP contribution in [-0.4, -0.2) is 29.7 Å². The van der Waals surface area contributed by atoms with E-state index in [4.69, 9.17) is 5.11 Å². The maximum absolute atomic E-state index is 11.3. The molecule has 1 aromatic rings. The Morgan fingerprint density at radius 3 is 2.80 bits per heavy atom. The summed E-state index contributed by atoms with van der Waals surface area (Å²) in [6, 6.07) is 4.03. The van der Waals surface area contributed by atoms with Crippen molar-refractivity contribution >= 4 is 11.7 Å². The normalized spacial score (nSPS) is 9.50. The molecule has 0 unspecified atom stereocenters. The van der Waals surface area contributed by atoms with Crippen molar-refractivity contribution in [3.63, 3.8) is 0 Å². The van der Waals surface area contributed by atoms with Gasteiger partial charge in [0.15, 0.2) is 0 Å². The van der Waals surface area contributed by atoms with Gasteiger partial charge in [-0.15, -0.1) is 0 Å². The van der Waals surface area contributed by atoms with Crippen LogP contribution in [0.15, 0.2) is 18.2 Å². The van der Waals surface area contributed by atoms with Gasteiger partial charge in [-0.05, 0) is 25.0 Å². The van der Waals surface area contributed by atoms with Gasteiger partial charge in [0.1, 0.15) is 5.56 Å². The van der Waals surface area contributed by atoms with Crippen molar-refractivity contribution in [3.05, 3.63) is 39.4 Å². The average Bonchev–Trinajstić information content (AvgIpc) is 2.46. The zero-order valence-corrected chi connectivity index (χ0v) is 11.1. The Morgan fingerprint density at radius 2 is 2.20 bits per heavy atom. The number of aliphatic hydroxyl groups is 1. The third kappa shape index (κ3) is 4.37. The maximum atomic E-state index is 11.3. The molecule has 0 aromatic heterocycles. The van der Waals surface area contributed by atoms with Crippen LogP contribution < -0.4 is 0 Å². The molecule has 0 amide bonds. The smallest absolute Gasteiger partial charge is 0.338 e. The first kappa shape index (κ1) is 15.7. The molecule has 0 atom stereocenters. The lowest BCUT2D eigenvalue weighted by Crippen LogP contribution is -2.03. The van der Waals surface area contributed by atoms with E-state index >= 15 is 0 Å². The summed E-state index contributed by atoms with van der Waals surface area (Å²) in [4.78, 5) is 21.7. The highest BCUT2D eigenvalue weighted by molar-refractivity contribution is 5.90. The zero-order chi connectivity index (χ0) is 15.0. The summed E-state index contributed by atoms with van der Waals surface area (Å²) in [5.74, 6) is 4.90. The zero-order valence-electron chi connectivity index (χ0n) is 11.1. The highest BCUT2D eigenvalue weighted by Crippen LogP contribution is 2.20. The van der Waals surface area contributed by atoms with Crippen LogP contribution in [0.3, 0.4) is 0 Å². The summed E-state index contributed by atoms with van der Waals surface area (Å²) in [6.07, 6.45) is 1.94. The molecule has 0 fully saturated rings. The molecule has 1 rings (SSSR count). The molecular formula is C14H15NO5. The van der Waals surface area contributed by atoms with Gasteiger partial charge in [0.05, 0.1) is 17.6 Å². The fraction of sp³-hybridized carbons (Fsp3) is 0.357. The lowest BCUT2D eigenvalue weighted by molar-refractivity contribution is -0.385. The summed E-state index contributed by atoms with van der Waals surface area (Å²) < 4.78 is 4.52. The minimum atomic E-state index is -0.629. The Labute approximate surface area is 116 Å². The van der Waals surface area contributed by atoms with Crippen LogP contribution in [0.25, 0.3) is 0 Å². The van der Waals surface area contributed by atoms with E-state index in [1.807, 2.05) is 0 Å². The number of hydrogen-bond acceptors (Lipinski definition) is 5. The SMILES string of the molecule is COC(=O)c1ccc(C#CCCCCO)c([N+](=O)[O-])c1. The number of benzene rings is 1. The molecule has 20 heavy (non-hydrogen) atoms. The van der Waals surface area contributed by atoms with Crippen LogP contribution in [0.1, 0.15) is 35.2 Å². The molecule has 0 saturated carbocycles. The van der Waals surface area contributed by atoms with Gasteiger partial charge < -0.3 is 9.84 Å². The van der Waals surface area contributed by atoms with E-state index in [2.05, 4.69) is 16.6 Å². The highest BCUT2D eigenvalue weighted by atomic mass is 16.6. The van der Waals surface area contributed by atoms with E-state index in [1.165, 1.54) is 19.2 Å². The molecule has 0 aliphatic rings. The average molecular weight is 277 g/mol. The number of esters is 1. The lowest BCUT2D eigenvalue weighted by atomic mass is 10.1. The molecule has 6 heteroatoms. The molecule has 0 heterocycles. The van der Waals surface area contributed by atoms with Crippen molar-refractivity contribution in [3.8, 4) is 11.8 Å². The number of carbonyl (C=O) groups excluding carboxylic acids is 1. The highest BCUT2D eigenvalue weighted by Gasteiger charge is 2.16. The summed E-state index contributed by atoms with van der Waals surface area (Å²) in [7, 11) is 1.21. The fourth-order valence-electron chi connectivity index (χ4n) is 1.52. The van der Waals surface area contributed by atoms with Crippen LogP contribution in [0.5, 0.6) is 0 Å². The molecule has 0 aliphatic heterocycles. The van der Waals surface area contributed by atoms with E-state index in [0.29, 0.717) is 12.8 Å². The number of ether oxygens (including phenoxy) is 1. The van der Waals surface area contributed by atoms with E-state index in [0.717, 1.165) is 12.5 Å². The Hall–Kier alpha value is -2.39. The molecule has 1 N–H and O–H groups in total. The standard InChI is InChI=1S/C14H15NO5/c1-20-14(17)12-8-7-11(13(10-12)15(18)19)6-4-2-3-5-9-16/h7-8,10,16H,2-3,5,9H2,1H3. The lowest BCUT2D eigenvalue weighted by Gasteiger charge is -2.00. The number of rotatable bonds is 5. The van der Waals surface area contributed by atoms with Gasteiger partial charge in [-0.25, -0.2) is 4.79 Å². The van der Waals surface area contributed by atoms with Gasteiger partial charge in [-0.3, -0.25) is 10.1 Å². The third-order valence-corrected chi connectivity index (χ3v) is 2.55. The molecule has 0 aliphatic carbocycles. The number of unbranched alkanes of at least 4 members (excludes halogenated alkanes) is 2. The minimum Gasteiger partial charge on any atom is -0.465 e. The van der Waals surface area contributed by atoms with Gasteiger partial charge in [0.25, 0.3) is 5.69 Å². The second kappa shape index (κ2) is 7.92. The van der Waals surface area contributed by atoms with Crippen molar-refractivity contribution in [1.29, 1.82) is 0 Å². The van der Waals surface area contributed by atoms with Gasteiger partial charge in [-0.1, -0.05) is 11.8 Å². The summed E-state index contributed by atoms with van der Waals surface area (Å²) in [5.41, 5.74) is 0.152. The third-order valence-electron chi connectivity index (χ3n) is 2.55.